The molecule has 0 aromatic heterocycles. The van der Waals surface area contributed by atoms with Crippen molar-refractivity contribution in [2.24, 2.45) is 11.3 Å². The van der Waals surface area contributed by atoms with Gasteiger partial charge in [0, 0.05) is 19.6 Å². The SMILES string of the molecule is COC1CN(C(=O)OCc2ccccc2)CC1C1(C(=O)O)CC1. The molecule has 1 saturated heterocycles. The average Bonchev–Trinajstić information content (AvgIpc) is 3.27. The number of aliphatic carboxylic acids is 1. The maximum Gasteiger partial charge on any atom is 0.410 e. The first-order chi connectivity index (χ1) is 11.1. The van der Waals surface area contributed by atoms with Crippen LogP contribution in [0.2, 0.25) is 0 Å². The molecule has 0 spiro atoms. The Balaban J connectivity index is 1.61. The van der Waals surface area contributed by atoms with E-state index in [0.29, 0.717) is 25.9 Å². The van der Waals surface area contributed by atoms with Gasteiger partial charge in [-0.1, -0.05) is 30.3 Å². The van der Waals surface area contributed by atoms with Crippen LogP contribution < -0.4 is 0 Å². The molecule has 6 heteroatoms. The molecule has 0 radical (unpaired) electrons. The van der Waals surface area contributed by atoms with Crippen LogP contribution >= 0.6 is 0 Å². The Morgan fingerprint density at radius 3 is 2.52 bits per heavy atom. The minimum absolute atomic E-state index is 0.172. The van der Waals surface area contributed by atoms with Gasteiger partial charge in [-0.2, -0.15) is 0 Å². The zero-order valence-corrected chi connectivity index (χ0v) is 13.1. The second-order valence-electron chi connectivity index (χ2n) is 6.29. The van der Waals surface area contributed by atoms with Crippen molar-refractivity contribution in [2.45, 2.75) is 25.6 Å². The third-order valence-electron chi connectivity index (χ3n) is 4.96. The number of carbonyl (C=O) groups is 2. The molecule has 1 N–H and O–H groups in total. The summed E-state index contributed by atoms with van der Waals surface area (Å²) in [6.45, 7) is 0.963. The Bertz CT molecular complexity index is 584. The second-order valence-corrected chi connectivity index (χ2v) is 6.29. The molecular formula is C17H21NO5. The molecule has 2 atom stereocenters. The number of hydrogen-bond donors (Lipinski definition) is 1. The van der Waals surface area contributed by atoms with E-state index in [1.54, 1.807) is 12.0 Å². The van der Waals surface area contributed by atoms with Gasteiger partial charge in [-0.3, -0.25) is 4.79 Å². The average molecular weight is 319 g/mol. The van der Waals surface area contributed by atoms with Crippen LogP contribution in [0, 0.1) is 11.3 Å². The summed E-state index contributed by atoms with van der Waals surface area (Å²) in [6, 6.07) is 9.46. The highest BCUT2D eigenvalue weighted by Crippen LogP contribution is 2.55. The number of nitrogens with zero attached hydrogens (tertiary/aromatic N) is 1. The van der Waals surface area contributed by atoms with Gasteiger partial charge in [0.05, 0.1) is 18.1 Å². The van der Waals surface area contributed by atoms with Crippen molar-refractivity contribution >= 4 is 12.1 Å². The van der Waals surface area contributed by atoms with Gasteiger partial charge in [0.1, 0.15) is 6.61 Å². The first kappa shape index (κ1) is 15.8. The minimum Gasteiger partial charge on any atom is -0.481 e. The highest BCUT2D eigenvalue weighted by molar-refractivity contribution is 5.79. The predicted molar refractivity (Wildman–Crippen MR) is 81.8 cm³/mol. The Morgan fingerprint density at radius 1 is 1.26 bits per heavy atom. The molecule has 1 aromatic rings. The zero-order valence-electron chi connectivity index (χ0n) is 13.1. The molecule has 124 valence electrons. The number of carboxylic acid groups (broad SMARTS) is 1. The Morgan fingerprint density at radius 2 is 1.96 bits per heavy atom. The van der Waals surface area contributed by atoms with Gasteiger partial charge in [0.2, 0.25) is 0 Å². The Kier molecular flexibility index (Phi) is 4.26. The van der Waals surface area contributed by atoms with Crippen LogP contribution in [0.3, 0.4) is 0 Å². The summed E-state index contributed by atoms with van der Waals surface area (Å²) in [5.41, 5.74) is 0.193. The van der Waals surface area contributed by atoms with Crippen molar-refractivity contribution in [1.29, 1.82) is 0 Å². The summed E-state index contributed by atoms with van der Waals surface area (Å²) < 4.78 is 10.8. The van der Waals surface area contributed by atoms with E-state index in [1.165, 1.54) is 0 Å². The van der Waals surface area contributed by atoms with Gasteiger partial charge < -0.3 is 19.5 Å². The largest absolute Gasteiger partial charge is 0.481 e. The molecule has 3 rings (SSSR count). The van der Waals surface area contributed by atoms with Gasteiger partial charge in [-0.25, -0.2) is 4.79 Å². The molecule has 2 fully saturated rings. The van der Waals surface area contributed by atoms with E-state index in [4.69, 9.17) is 9.47 Å². The number of methoxy groups -OCH3 is 1. The normalized spacial score (nSPS) is 25.2. The van der Waals surface area contributed by atoms with Gasteiger partial charge in [0.15, 0.2) is 0 Å². The summed E-state index contributed by atoms with van der Waals surface area (Å²) in [7, 11) is 1.56. The second kappa shape index (κ2) is 6.20. The lowest BCUT2D eigenvalue weighted by molar-refractivity contribution is -0.147. The number of carbonyl (C=O) groups excluding carboxylic acids is 1. The minimum atomic E-state index is -0.788. The summed E-state index contributed by atoms with van der Waals surface area (Å²) in [5, 5.41) is 9.46. The highest BCUT2D eigenvalue weighted by Gasteiger charge is 2.61. The molecule has 23 heavy (non-hydrogen) atoms. The van der Waals surface area contributed by atoms with E-state index < -0.39 is 17.5 Å². The van der Waals surface area contributed by atoms with E-state index in [0.717, 1.165) is 5.56 Å². The van der Waals surface area contributed by atoms with E-state index in [1.807, 2.05) is 30.3 Å². The van der Waals surface area contributed by atoms with E-state index in [-0.39, 0.29) is 18.6 Å². The maximum atomic E-state index is 12.2. The van der Waals surface area contributed by atoms with Gasteiger partial charge in [-0.15, -0.1) is 0 Å². The molecule has 0 bridgehead atoms. The summed E-state index contributed by atoms with van der Waals surface area (Å²) >= 11 is 0. The fourth-order valence-corrected chi connectivity index (χ4v) is 3.38. The zero-order chi connectivity index (χ0) is 16.4. The van der Waals surface area contributed by atoms with Crippen molar-refractivity contribution < 1.29 is 24.2 Å². The third kappa shape index (κ3) is 3.03. The van der Waals surface area contributed by atoms with Crippen molar-refractivity contribution in [3.8, 4) is 0 Å². The smallest absolute Gasteiger partial charge is 0.410 e. The number of rotatable bonds is 5. The number of hydrogen-bond acceptors (Lipinski definition) is 4. The van der Waals surface area contributed by atoms with E-state index >= 15 is 0 Å². The Hall–Kier alpha value is -2.08. The summed E-state index contributed by atoms with van der Waals surface area (Å²) in [5.74, 6) is -0.960. The highest BCUT2D eigenvalue weighted by atomic mass is 16.6. The molecular weight excluding hydrogens is 298 g/mol. The van der Waals surface area contributed by atoms with E-state index in [2.05, 4.69) is 0 Å². The number of benzene rings is 1. The molecule has 2 unspecified atom stereocenters. The van der Waals surface area contributed by atoms with Crippen molar-refractivity contribution in [3.63, 3.8) is 0 Å². The number of ether oxygens (including phenoxy) is 2. The molecule has 6 nitrogen and oxygen atoms in total. The fourth-order valence-electron chi connectivity index (χ4n) is 3.38. The molecule has 1 aliphatic heterocycles. The fraction of sp³-hybridized carbons (Fsp3) is 0.529. The quantitative estimate of drug-likeness (QED) is 0.900. The summed E-state index contributed by atoms with van der Waals surface area (Å²) in [6.07, 6.45) is 0.636. The van der Waals surface area contributed by atoms with Crippen LogP contribution in [0.25, 0.3) is 0 Å². The van der Waals surface area contributed by atoms with Gasteiger partial charge >= 0.3 is 12.1 Å². The van der Waals surface area contributed by atoms with Crippen LogP contribution in [0.4, 0.5) is 4.79 Å². The predicted octanol–water partition coefficient (Wildman–Crippen LogP) is 2.13. The molecule has 1 heterocycles. The third-order valence-corrected chi connectivity index (χ3v) is 4.96. The van der Waals surface area contributed by atoms with Crippen molar-refractivity contribution in [1.82, 2.24) is 4.90 Å². The Labute approximate surface area is 135 Å². The first-order valence-electron chi connectivity index (χ1n) is 7.78. The molecule has 2 aliphatic rings. The van der Waals surface area contributed by atoms with Crippen LogP contribution in [-0.2, 0) is 20.9 Å². The molecule has 1 saturated carbocycles. The van der Waals surface area contributed by atoms with E-state index in [9.17, 15) is 14.7 Å². The van der Waals surface area contributed by atoms with Crippen LogP contribution in [0.1, 0.15) is 18.4 Å². The topological polar surface area (TPSA) is 76.1 Å². The van der Waals surface area contributed by atoms with Crippen LogP contribution in [0.5, 0.6) is 0 Å². The number of likely N-dealkylation sites (tertiary alicyclic amines) is 1. The molecule has 1 aromatic carbocycles. The number of carboxylic acids is 1. The molecule has 1 amide bonds. The van der Waals surface area contributed by atoms with Crippen LogP contribution in [-0.4, -0.2) is 48.4 Å². The first-order valence-corrected chi connectivity index (χ1v) is 7.78. The molecule has 1 aliphatic carbocycles. The standard InChI is InChI=1S/C17H21NO5/c1-22-14-10-18(9-13(14)17(7-8-17)15(19)20)16(21)23-11-12-5-3-2-4-6-12/h2-6,13-14H,7-11H2,1H3,(H,19,20). The lowest BCUT2D eigenvalue weighted by Gasteiger charge is -2.22. The van der Waals surface area contributed by atoms with Crippen molar-refractivity contribution in [2.75, 3.05) is 20.2 Å². The summed E-state index contributed by atoms with van der Waals surface area (Å²) in [4.78, 5) is 25.3. The number of amides is 1. The van der Waals surface area contributed by atoms with Crippen LogP contribution in [0.15, 0.2) is 30.3 Å². The lowest BCUT2D eigenvalue weighted by atomic mass is 9.86. The maximum absolute atomic E-state index is 12.2. The lowest BCUT2D eigenvalue weighted by Crippen LogP contribution is -2.34. The van der Waals surface area contributed by atoms with Gasteiger partial charge in [0.25, 0.3) is 0 Å². The van der Waals surface area contributed by atoms with Gasteiger partial charge in [-0.05, 0) is 18.4 Å². The van der Waals surface area contributed by atoms with Crippen molar-refractivity contribution in [3.05, 3.63) is 35.9 Å². The monoisotopic (exact) mass is 319 g/mol.